The Labute approximate surface area is 156 Å². The van der Waals surface area contributed by atoms with Crippen LogP contribution in [0.25, 0.3) is 0 Å². The molecule has 3 aromatic rings. The van der Waals surface area contributed by atoms with Gasteiger partial charge in [-0.2, -0.15) is 10.1 Å². The van der Waals surface area contributed by atoms with Crippen molar-refractivity contribution in [3.63, 3.8) is 0 Å². The van der Waals surface area contributed by atoms with Crippen LogP contribution in [0.4, 0.5) is 23.1 Å². The Bertz CT molecular complexity index is 932. The van der Waals surface area contributed by atoms with Crippen LogP contribution in [0.1, 0.15) is 17.3 Å². The molecule has 1 heterocycles. The van der Waals surface area contributed by atoms with Crippen molar-refractivity contribution in [2.24, 2.45) is 0 Å². The van der Waals surface area contributed by atoms with Crippen LogP contribution >= 0.6 is 0 Å². The zero-order chi connectivity index (χ0) is 19.1. The zero-order valence-electron chi connectivity index (χ0n) is 15.0. The Morgan fingerprint density at radius 3 is 2.56 bits per heavy atom. The quantitative estimate of drug-likeness (QED) is 0.614. The summed E-state index contributed by atoms with van der Waals surface area (Å²) in [5.41, 5.74) is 1.69. The van der Waals surface area contributed by atoms with Crippen molar-refractivity contribution >= 4 is 29.1 Å². The number of carbonyl (C=O) groups excluding carboxylic acids is 1. The van der Waals surface area contributed by atoms with Crippen LogP contribution in [-0.4, -0.2) is 34.9 Å². The Morgan fingerprint density at radius 1 is 1.04 bits per heavy atom. The zero-order valence-corrected chi connectivity index (χ0v) is 15.0. The number of ether oxygens (including phenoxy) is 2. The van der Waals surface area contributed by atoms with Crippen molar-refractivity contribution in [1.29, 1.82) is 0 Å². The maximum absolute atomic E-state index is 11.9. The molecule has 0 unspecified atom stereocenters. The number of aromatic nitrogens is 3. The van der Waals surface area contributed by atoms with Gasteiger partial charge in [0.15, 0.2) is 5.82 Å². The molecule has 0 radical (unpaired) electrons. The van der Waals surface area contributed by atoms with Gasteiger partial charge >= 0.3 is 5.97 Å². The summed E-state index contributed by atoms with van der Waals surface area (Å²) in [7, 11) is 1.34. The number of methoxy groups -OCH3 is 1. The molecule has 8 nitrogen and oxygen atoms in total. The number of anilines is 4. The number of hydrogen-bond acceptors (Lipinski definition) is 8. The van der Waals surface area contributed by atoms with Crippen LogP contribution in [0.3, 0.4) is 0 Å². The van der Waals surface area contributed by atoms with Gasteiger partial charge in [-0.05, 0) is 31.2 Å². The topological polar surface area (TPSA) is 98.3 Å². The smallest absolute Gasteiger partial charge is 0.339 e. The van der Waals surface area contributed by atoms with E-state index in [-0.39, 0.29) is 0 Å². The largest absolute Gasteiger partial charge is 0.492 e. The first kappa shape index (κ1) is 18.1. The minimum Gasteiger partial charge on any atom is -0.492 e. The number of esters is 1. The molecule has 0 fully saturated rings. The Kier molecular flexibility index (Phi) is 5.78. The Hall–Kier alpha value is -3.68. The minimum absolute atomic E-state index is 0.294. The van der Waals surface area contributed by atoms with E-state index in [1.165, 1.54) is 13.3 Å². The minimum atomic E-state index is -0.441. The highest BCUT2D eigenvalue weighted by Crippen LogP contribution is 2.26. The normalized spacial score (nSPS) is 10.1. The van der Waals surface area contributed by atoms with Crippen LogP contribution in [0, 0.1) is 0 Å². The van der Waals surface area contributed by atoms with E-state index in [1.54, 1.807) is 24.3 Å². The molecule has 0 aliphatic heterocycles. The average Bonchev–Trinajstić information content (AvgIpc) is 2.70. The van der Waals surface area contributed by atoms with Gasteiger partial charge in [-0.3, -0.25) is 0 Å². The lowest BCUT2D eigenvalue weighted by atomic mass is 10.2. The van der Waals surface area contributed by atoms with Crippen molar-refractivity contribution in [3.05, 3.63) is 60.3 Å². The number of benzene rings is 2. The van der Waals surface area contributed by atoms with Gasteiger partial charge in [0.2, 0.25) is 5.95 Å². The fourth-order valence-corrected chi connectivity index (χ4v) is 2.41. The van der Waals surface area contributed by atoms with Crippen molar-refractivity contribution in [1.82, 2.24) is 15.2 Å². The molecule has 0 saturated heterocycles. The predicted octanol–water partition coefficient (Wildman–Crippen LogP) is 3.54. The molecule has 0 aliphatic rings. The van der Waals surface area contributed by atoms with Gasteiger partial charge in [-0.15, -0.1) is 5.10 Å². The van der Waals surface area contributed by atoms with Crippen LogP contribution in [0.5, 0.6) is 5.75 Å². The summed E-state index contributed by atoms with van der Waals surface area (Å²) in [5.74, 6) is 0.975. The SMILES string of the molecule is CCOc1ccccc1Nc1nncc(Nc2ccccc2C(=O)OC)n1. The molecule has 0 bridgehead atoms. The predicted molar refractivity (Wildman–Crippen MR) is 102 cm³/mol. The lowest BCUT2D eigenvalue weighted by molar-refractivity contribution is 0.0602. The molecule has 1 aromatic heterocycles. The average molecular weight is 365 g/mol. The summed E-state index contributed by atoms with van der Waals surface area (Å²) in [4.78, 5) is 16.3. The third-order valence-corrected chi connectivity index (χ3v) is 3.59. The summed E-state index contributed by atoms with van der Waals surface area (Å²) in [6, 6.07) is 14.5. The van der Waals surface area contributed by atoms with E-state index in [2.05, 4.69) is 25.8 Å². The molecular weight excluding hydrogens is 346 g/mol. The van der Waals surface area contributed by atoms with E-state index in [9.17, 15) is 4.79 Å². The van der Waals surface area contributed by atoms with Crippen LogP contribution in [-0.2, 0) is 4.74 Å². The van der Waals surface area contributed by atoms with Crippen molar-refractivity contribution < 1.29 is 14.3 Å². The highest BCUT2D eigenvalue weighted by atomic mass is 16.5. The molecule has 0 saturated carbocycles. The van der Waals surface area contributed by atoms with Gasteiger partial charge in [0, 0.05) is 0 Å². The summed E-state index contributed by atoms with van der Waals surface area (Å²) in [5, 5.41) is 14.1. The maximum atomic E-state index is 11.9. The number of nitrogens with one attached hydrogen (secondary N) is 2. The van der Waals surface area contributed by atoms with Gasteiger partial charge in [0.25, 0.3) is 0 Å². The lowest BCUT2D eigenvalue weighted by Gasteiger charge is -2.12. The second-order valence-electron chi connectivity index (χ2n) is 5.38. The first-order valence-corrected chi connectivity index (χ1v) is 8.34. The van der Waals surface area contributed by atoms with Crippen LogP contribution in [0.2, 0.25) is 0 Å². The van der Waals surface area contributed by atoms with Gasteiger partial charge in [-0.1, -0.05) is 24.3 Å². The van der Waals surface area contributed by atoms with Gasteiger partial charge < -0.3 is 20.1 Å². The molecule has 27 heavy (non-hydrogen) atoms. The standard InChI is InChI=1S/C19H19N5O3/c1-3-27-16-11-7-6-10-15(16)22-19-23-17(12-20-24-19)21-14-9-5-4-8-13(14)18(25)26-2/h4-12H,3H2,1-2H3,(H2,21,22,23,24). The second-order valence-corrected chi connectivity index (χ2v) is 5.38. The Morgan fingerprint density at radius 2 is 1.78 bits per heavy atom. The van der Waals surface area contributed by atoms with Crippen LogP contribution < -0.4 is 15.4 Å². The van der Waals surface area contributed by atoms with E-state index in [1.807, 2.05) is 31.2 Å². The van der Waals surface area contributed by atoms with Crippen molar-refractivity contribution in [2.75, 3.05) is 24.4 Å². The van der Waals surface area contributed by atoms with Gasteiger partial charge in [-0.25, -0.2) is 4.79 Å². The van der Waals surface area contributed by atoms with Crippen molar-refractivity contribution in [2.45, 2.75) is 6.92 Å². The molecule has 0 amide bonds. The number of para-hydroxylation sites is 3. The number of carbonyl (C=O) groups is 1. The van der Waals surface area contributed by atoms with E-state index in [0.29, 0.717) is 35.4 Å². The van der Waals surface area contributed by atoms with Gasteiger partial charge in [0.1, 0.15) is 5.75 Å². The highest BCUT2D eigenvalue weighted by molar-refractivity contribution is 5.96. The number of hydrogen-bond donors (Lipinski definition) is 2. The fourth-order valence-electron chi connectivity index (χ4n) is 2.41. The molecule has 138 valence electrons. The summed E-state index contributed by atoms with van der Waals surface area (Å²) in [6.07, 6.45) is 1.47. The second kappa shape index (κ2) is 8.61. The van der Waals surface area contributed by atoms with E-state index >= 15 is 0 Å². The van der Waals surface area contributed by atoms with Gasteiger partial charge in [0.05, 0.1) is 36.9 Å². The summed E-state index contributed by atoms with van der Waals surface area (Å²) >= 11 is 0. The van der Waals surface area contributed by atoms with E-state index < -0.39 is 5.97 Å². The van der Waals surface area contributed by atoms with E-state index in [4.69, 9.17) is 9.47 Å². The van der Waals surface area contributed by atoms with Crippen molar-refractivity contribution in [3.8, 4) is 5.75 Å². The fraction of sp³-hybridized carbons (Fsp3) is 0.158. The monoisotopic (exact) mass is 365 g/mol. The highest BCUT2D eigenvalue weighted by Gasteiger charge is 2.12. The summed E-state index contributed by atoms with van der Waals surface area (Å²) in [6.45, 7) is 2.46. The summed E-state index contributed by atoms with van der Waals surface area (Å²) < 4.78 is 10.4. The first-order chi connectivity index (χ1) is 13.2. The molecule has 2 aromatic carbocycles. The molecule has 2 N–H and O–H groups in total. The number of nitrogens with zero attached hydrogens (tertiary/aromatic N) is 3. The molecule has 0 aliphatic carbocycles. The Balaban J connectivity index is 1.82. The third-order valence-electron chi connectivity index (χ3n) is 3.59. The molecular formula is C19H19N5O3. The maximum Gasteiger partial charge on any atom is 0.339 e. The molecule has 0 atom stereocenters. The molecule has 8 heteroatoms. The lowest BCUT2D eigenvalue weighted by Crippen LogP contribution is -2.07. The molecule has 3 rings (SSSR count). The van der Waals surface area contributed by atoms with E-state index in [0.717, 1.165) is 5.69 Å². The van der Waals surface area contributed by atoms with Crippen LogP contribution in [0.15, 0.2) is 54.7 Å². The number of rotatable bonds is 7. The third kappa shape index (κ3) is 4.49. The molecule has 0 spiro atoms. The first-order valence-electron chi connectivity index (χ1n) is 8.34.